The molecule has 0 aliphatic heterocycles. The highest BCUT2D eigenvalue weighted by Crippen LogP contribution is 2.39. The van der Waals surface area contributed by atoms with E-state index in [9.17, 15) is 14.4 Å². The third-order valence-electron chi connectivity index (χ3n) is 4.90. The number of carbonyl (C=O) groups is 3. The van der Waals surface area contributed by atoms with Gasteiger partial charge in [-0.15, -0.1) is 11.3 Å². The van der Waals surface area contributed by atoms with Crippen LogP contribution in [0.4, 0.5) is 5.00 Å². The maximum Gasteiger partial charge on any atom is 0.331 e. The van der Waals surface area contributed by atoms with Gasteiger partial charge in [0.05, 0.1) is 26.9 Å². The predicted octanol–water partition coefficient (Wildman–Crippen LogP) is 2.56. The quantitative estimate of drug-likeness (QED) is 0.435. The topological polar surface area (TPSA) is 126 Å². The summed E-state index contributed by atoms with van der Waals surface area (Å²) in [7, 11) is 4.49. The summed E-state index contributed by atoms with van der Waals surface area (Å²) in [5.74, 6) is -0.444. The average Bonchev–Trinajstić information content (AvgIpc) is 3.35. The molecular weight excluding hydrogens is 436 g/mol. The summed E-state index contributed by atoms with van der Waals surface area (Å²) in [5, 5.41) is 3.02. The predicted molar refractivity (Wildman–Crippen MR) is 120 cm³/mol. The van der Waals surface area contributed by atoms with E-state index in [1.54, 1.807) is 12.1 Å². The molecule has 0 radical (unpaired) electrons. The van der Waals surface area contributed by atoms with Crippen molar-refractivity contribution in [2.45, 2.75) is 19.3 Å². The van der Waals surface area contributed by atoms with E-state index in [-0.39, 0.29) is 0 Å². The van der Waals surface area contributed by atoms with Gasteiger partial charge >= 0.3 is 5.97 Å². The van der Waals surface area contributed by atoms with E-state index in [0.29, 0.717) is 33.4 Å². The SMILES string of the molecule is COc1cc(OC)c(OC)cc1/C=C/C(=O)OCC(=O)Nc1sc2c(c1C(N)=O)CCC2. The molecule has 2 aromatic rings. The molecule has 2 amide bonds. The van der Waals surface area contributed by atoms with Crippen LogP contribution in [0.3, 0.4) is 0 Å². The average molecular weight is 461 g/mol. The van der Waals surface area contributed by atoms with E-state index >= 15 is 0 Å². The van der Waals surface area contributed by atoms with Crippen LogP contribution in [0.15, 0.2) is 18.2 Å². The summed E-state index contributed by atoms with van der Waals surface area (Å²) < 4.78 is 20.8. The van der Waals surface area contributed by atoms with Crippen LogP contribution >= 0.6 is 11.3 Å². The minimum absolute atomic E-state index is 0.350. The van der Waals surface area contributed by atoms with Crippen molar-refractivity contribution in [1.82, 2.24) is 0 Å². The second kappa shape index (κ2) is 10.2. The lowest BCUT2D eigenvalue weighted by Gasteiger charge is -2.12. The van der Waals surface area contributed by atoms with Crippen molar-refractivity contribution in [3.05, 3.63) is 39.8 Å². The van der Waals surface area contributed by atoms with E-state index in [1.807, 2.05) is 0 Å². The summed E-state index contributed by atoms with van der Waals surface area (Å²) in [4.78, 5) is 37.2. The molecule has 0 atom stereocenters. The number of hydrogen-bond acceptors (Lipinski definition) is 8. The highest BCUT2D eigenvalue weighted by molar-refractivity contribution is 7.17. The molecule has 170 valence electrons. The number of amides is 2. The normalized spacial score (nSPS) is 12.3. The van der Waals surface area contributed by atoms with Crippen LogP contribution in [0.2, 0.25) is 0 Å². The highest BCUT2D eigenvalue weighted by atomic mass is 32.1. The smallest absolute Gasteiger partial charge is 0.331 e. The summed E-state index contributed by atoms with van der Waals surface area (Å²) in [6.45, 7) is -0.507. The molecule has 0 spiro atoms. The Balaban J connectivity index is 1.62. The monoisotopic (exact) mass is 460 g/mol. The van der Waals surface area contributed by atoms with Crippen molar-refractivity contribution in [1.29, 1.82) is 0 Å². The zero-order chi connectivity index (χ0) is 23.3. The van der Waals surface area contributed by atoms with E-state index in [0.717, 1.165) is 29.7 Å². The molecule has 1 heterocycles. The number of benzene rings is 1. The molecule has 0 fully saturated rings. The Hall–Kier alpha value is -3.53. The van der Waals surface area contributed by atoms with Crippen molar-refractivity contribution in [2.24, 2.45) is 5.73 Å². The highest BCUT2D eigenvalue weighted by Gasteiger charge is 2.26. The van der Waals surface area contributed by atoms with Gasteiger partial charge in [-0.1, -0.05) is 0 Å². The number of carbonyl (C=O) groups excluding carboxylic acids is 3. The Bertz CT molecular complexity index is 1070. The number of ether oxygens (including phenoxy) is 4. The minimum atomic E-state index is -0.721. The lowest BCUT2D eigenvalue weighted by molar-refractivity contribution is -0.142. The molecule has 32 heavy (non-hydrogen) atoms. The first-order chi connectivity index (χ1) is 15.4. The Kier molecular flexibility index (Phi) is 7.37. The fourth-order valence-electron chi connectivity index (χ4n) is 3.44. The van der Waals surface area contributed by atoms with Gasteiger partial charge in [-0.05, 0) is 37.0 Å². The Morgan fingerprint density at radius 2 is 1.75 bits per heavy atom. The van der Waals surface area contributed by atoms with Crippen LogP contribution in [0.1, 0.15) is 32.8 Å². The molecule has 0 saturated carbocycles. The van der Waals surface area contributed by atoms with Crippen LogP contribution in [0.5, 0.6) is 17.2 Å². The van der Waals surface area contributed by atoms with Gasteiger partial charge in [0.1, 0.15) is 10.8 Å². The van der Waals surface area contributed by atoms with Gasteiger partial charge in [-0.2, -0.15) is 0 Å². The molecule has 9 nitrogen and oxygen atoms in total. The largest absolute Gasteiger partial charge is 0.496 e. The third kappa shape index (κ3) is 5.02. The Morgan fingerprint density at radius 1 is 1.06 bits per heavy atom. The number of primary amides is 1. The second-order valence-corrected chi connectivity index (χ2v) is 7.97. The number of esters is 1. The van der Waals surface area contributed by atoms with Crippen molar-refractivity contribution >= 4 is 40.2 Å². The van der Waals surface area contributed by atoms with Crippen LogP contribution in [-0.4, -0.2) is 45.7 Å². The number of nitrogens with one attached hydrogen (secondary N) is 1. The molecule has 1 aromatic heterocycles. The molecule has 0 saturated heterocycles. The number of methoxy groups -OCH3 is 3. The minimum Gasteiger partial charge on any atom is -0.496 e. The summed E-state index contributed by atoms with van der Waals surface area (Å²) in [5.41, 5.74) is 7.30. The molecule has 3 N–H and O–H groups in total. The standard InChI is InChI=1S/C22H24N2O7S/c1-28-14-10-16(30-3)15(29-2)9-12(14)7-8-19(26)31-11-18(25)24-22-20(21(23)27)13-5-4-6-17(13)32-22/h7-10H,4-6,11H2,1-3H3,(H2,23,27)(H,24,25)/b8-7+. The van der Waals surface area contributed by atoms with E-state index in [1.165, 1.54) is 44.8 Å². The first kappa shape index (κ1) is 23.1. The molecule has 3 rings (SSSR count). The lowest BCUT2D eigenvalue weighted by Crippen LogP contribution is -2.22. The summed E-state index contributed by atoms with van der Waals surface area (Å²) in [6, 6.07) is 3.28. The van der Waals surface area contributed by atoms with Crippen molar-refractivity contribution in [3.63, 3.8) is 0 Å². The van der Waals surface area contributed by atoms with E-state index in [4.69, 9.17) is 24.7 Å². The van der Waals surface area contributed by atoms with Crippen LogP contribution in [-0.2, 0) is 27.2 Å². The Labute approximate surface area is 189 Å². The third-order valence-corrected chi connectivity index (χ3v) is 6.11. The maximum atomic E-state index is 12.2. The van der Waals surface area contributed by atoms with Gasteiger partial charge in [0.15, 0.2) is 18.1 Å². The Morgan fingerprint density at radius 3 is 2.41 bits per heavy atom. The van der Waals surface area contributed by atoms with Crippen LogP contribution in [0, 0.1) is 0 Å². The van der Waals surface area contributed by atoms with Gasteiger partial charge in [-0.3, -0.25) is 9.59 Å². The number of thiophene rings is 1. The van der Waals surface area contributed by atoms with Crippen LogP contribution in [0.25, 0.3) is 6.08 Å². The van der Waals surface area contributed by atoms with Crippen molar-refractivity contribution in [3.8, 4) is 17.2 Å². The van der Waals surface area contributed by atoms with Crippen molar-refractivity contribution < 1.29 is 33.3 Å². The molecular formula is C22H24N2O7S. The molecule has 10 heteroatoms. The lowest BCUT2D eigenvalue weighted by atomic mass is 10.1. The summed E-state index contributed by atoms with van der Waals surface area (Å²) in [6.07, 6.45) is 5.24. The number of hydrogen-bond donors (Lipinski definition) is 2. The zero-order valence-electron chi connectivity index (χ0n) is 18.0. The maximum absolute atomic E-state index is 12.2. The summed E-state index contributed by atoms with van der Waals surface area (Å²) >= 11 is 1.33. The fourth-order valence-corrected chi connectivity index (χ4v) is 4.75. The van der Waals surface area contributed by atoms with Crippen LogP contribution < -0.4 is 25.3 Å². The first-order valence-corrected chi connectivity index (χ1v) is 10.6. The van der Waals surface area contributed by atoms with Gasteiger partial charge in [0.25, 0.3) is 11.8 Å². The number of aryl methyl sites for hydroxylation is 1. The van der Waals surface area contributed by atoms with Crippen molar-refractivity contribution in [2.75, 3.05) is 33.3 Å². The second-order valence-electron chi connectivity index (χ2n) is 6.86. The first-order valence-electron chi connectivity index (χ1n) is 9.77. The van der Waals surface area contributed by atoms with Gasteiger partial charge in [0, 0.05) is 22.6 Å². The zero-order valence-corrected chi connectivity index (χ0v) is 18.8. The number of rotatable bonds is 9. The van der Waals surface area contributed by atoms with Gasteiger partial charge in [-0.25, -0.2) is 4.79 Å². The number of anilines is 1. The molecule has 1 aliphatic rings. The van der Waals surface area contributed by atoms with E-state index in [2.05, 4.69) is 5.32 Å². The fraction of sp³-hybridized carbons (Fsp3) is 0.318. The molecule has 1 aliphatic carbocycles. The van der Waals surface area contributed by atoms with E-state index < -0.39 is 24.4 Å². The number of fused-ring (bicyclic) bond motifs is 1. The molecule has 0 unspecified atom stereocenters. The number of nitrogens with two attached hydrogens (primary N) is 1. The molecule has 1 aromatic carbocycles. The van der Waals surface area contributed by atoms with Gasteiger partial charge in [0.2, 0.25) is 0 Å². The molecule has 0 bridgehead atoms. The van der Waals surface area contributed by atoms with Gasteiger partial charge < -0.3 is 30.0 Å².